The van der Waals surface area contributed by atoms with Crippen LogP contribution in [0.1, 0.15) is 47.5 Å². The Kier molecular flexibility index (Phi) is 9.32. The first-order valence-corrected chi connectivity index (χ1v) is 10.8. The minimum absolute atomic E-state index is 0.0434. The molecule has 0 heterocycles. The SMILES string of the molecule is C=C(C)N(O)C(=O)C[C@@H](CC(C)C)C(=O)N[C@@H](C(=O)NC)C(C)(C)S(C)(=O)=O. The number of sulfone groups is 1. The van der Waals surface area contributed by atoms with Gasteiger partial charge in [-0.05, 0) is 33.1 Å². The molecule has 28 heavy (non-hydrogen) atoms. The molecule has 2 atom stereocenters. The third-order valence-electron chi connectivity index (χ3n) is 4.59. The van der Waals surface area contributed by atoms with Crippen LogP contribution in [0.4, 0.5) is 0 Å². The lowest BCUT2D eigenvalue weighted by Crippen LogP contribution is -2.61. The zero-order valence-electron chi connectivity index (χ0n) is 17.7. The van der Waals surface area contributed by atoms with E-state index in [0.717, 1.165) is 6.26 Å². The monoisotopic (exact) mass is 419 g/mol. The van der Waals surface area contributed by atoms with Gasteiger partial charge in [0.2, 0.25) is 11.8 Å². The number of carbonyl (C=O) groups excluding carboxylic acids is 3. The van der Waals surface area contributed by atoms with Crippen LogP contribution in [0.3, 0.4) is 0 Å². The van der Waals surface area contributed by atoms with E-state index < -0.39 is 44.3 Å². The van der Waals surface area contributed by atoms with E-state index in [1.165, 1.54) is 27.8 Å². The highest BCUT2D eigenvalue weighted by Gasteiger charge is 2.44. The van der Waals surface area contributed by atoms with Crippen molar-refractivity contribution in [2.45, 2.75) is 58.2 Å². The number of allylic oxidation sites excluding steroid dienone is 1. The van der Waals surface area contributed by atoms with Crippen molar-refractivity contribution in [3.05, 3.63) is 12.3 Å². The molecule has 0 saturated carbocycles. The molecule has 0 aliphatic heterocycles. The fraction of sp³-hybridized carbons (Fsp3) is 0.722. The average molecular weight is 420 g/mol. The molecule has 3 N–H and O–H groups in total. The summed E-state index contributed by atoms with van der Waals surface area (Å²) in [5.74, 6) is -2.83. The van der Waals surface area contributed by atoms with Crippen LogP contribution < -0.4 is 10.6 Å². The van der Waals surface area contributed by atoms with Gasteiger partial charge in [0.25, 0.3) is 5.91 Å². The first kappa shape index (κ1) is 26.1. The van der Waals surface area contributed by atoms with E-state index in [2.05, 4.69) is 17.2 Å². The summed E-state index contributed by atoms with van der Waals surface area (Å²) in [7, 11) is -2.36. The van der Waals surface area contributed by atoms with E-state index >= 15 is 0 Å². The predicted octanol–water partition coefficient (Wildman–Crippen LogP) is 0.844. The van der Waals surface area contributed by atoms with Gasteiger partial charge in [0, 0.05) is 31.3 Å². The molecule has 10 heteroatoms. The van der Waals surface area contributed by atoms with Gasteiger partial charge >= 0.3 is 0 Å². The number of amides is 3. The molecule has 0 bridgehead atoms. The first-order chi connectivity index (χ1) is 12.6. The van der Waals surface area contributed by atoms with E-state index in [1.807, 2.05) is 13.8 Å². The second-order valence-corrected chi connectivity index (χ2v) is 10.5. The standard InChI is InChI=1S/C18H33N3O6S/c1-11(2)9-13(10-14(22)21(25)12(3)4)16(23)20-15(17(24)19-7)18(5,6)28(8,26)27/h11,13,15,25H,3,9-10H2,1-2,4-8H3,(H,19,24)(H,20,23)/t13-,15+/m1/s1. The third kappa shape index (κ3) is 6.90. The lowest BCUT2D eigenvalue weighted by Gasteiger charge is -2.33. The van der Waals surface area contributed by atoms with Crippen LogP contribution in [0.2, 0.25) is 0 Å². The Hall–Kier alpha value is -1.94. The van der Waals surface area contributed by atoms with Crippen molar-refractivity contribution in [2.24, 2.45) is 11.8 Å². The van der Waals surface area contributed by atoms with E-state index in [4.69, 9.17) is 0 Å². The quantitative estimate of drug-likeness (QED) is 0.355. The topological polar surface area (TPSA) is 133 Å². The third-order valence-corrected chi connectivity index (χ3v) is 6.74. The van der Waals surface area contributed by atoms with Crippen molar-refractivity contribution in [3.8, 4) is 0 Å². The number of hydrogen-bond acceptors (Lipinski definition) is 6. The van der Waals surface area contributed by atoms with Gasteiger partial charge in [-0.3, -0.25) is 19.6 Å². The molecule has 9 nitrogen and oxygen atoms in total. The highest BCUT2D eigenvalue weighted by atomic mass is 32.2. The van der Waals surface area contributed by atoms with Crippen LogP contribution in [-0.4, -0.2) is 60.5 Å². The molecule has 0 aromatic heterocycles. The molecular formula is C18H33N3O6S. The molecular weight excluding hydrogens is 386 g/mol. The summed E-state index contributed by atoms with van der Waals surface area (Å²) >= 11 is 0. The molecule has 0 aromatic rings. The average Bonchev–Trinajstić information content (AvgIpc) is 2.55. The normalized spacial score (nSPS) is 14.2. The highest BCUT2D eigenvalue weighted by Crippen LogP contribution is 2.23. The van der Waals surface area contributed by atoms with Crippen molar-refractivity contribution >= 4 is 27.6 Å². The Morgan fingerprint density at radius 1 is 1.18 bits per heavy atom. The van der Waals surface area contributed by atoms with Gasteiger partial charge in [-0.25, -0.2) is 8.42 Å². The Morgan fingerprint density at radius 2 is 1.68 bits per heavy atom. The van der Waals surface area contributed by atoms with Gasteiger partial charge in [0.05, 0.1) is 4.75 Å². The van der Waals surface area contributed by atoms with Crippen molar-refractivity contribution in [1.82, 2.24) is 15.7 Å². The molecule has 0 fully saturated rings. The van der Waals surface area contributed by atoms with E-state index in [1.54, 1.807) is 0 Å². The lowest BCUT2D eigenvalue weighted by atomic mass is 9.91. The number of likely N-dealkylation sites (N-methyl/N-ethyl adjacent to an activating group) is 1. The van der Waals surface area contributed by atoms with Gasteiger partial charge < -0.3 is 10.6 Å². The minimum atomic E-state index is -3.70. The number of carbonyl (C=O) groups is 3. The summed E-state index contributed by atoms with van der Waals surface area (Å²) in [5.41, 5.74) is 0.107. The molecule has 0 spiro atoms. The Labute approximate surface area is 167 Å². The van der Waals surface area contributed by atoms with Crippen LogP contribution in [-0.2, 0) is 24.2 Å². The van der Waals surface area contributed by atoms with Gasteiger partial charge in [-0.2, -0.15) is 5.06 Å². The highest BCUT2D eigenvalue weighted by molar-refractivity contribution is 7.92. The summed E-state index contributed by atoms with van der Waals surface area (Å²) in [6.07, 6.45) is 0.981. The molecule has 3 amide bonds. The van der Waals surface area contributed by atoms with Crippen LogP contribution in [0, 0.1) is 11.8 Å². The second kappa shape index (κ2) is 10.0. The van der Waals surface area contributed by atoms with Crippen LogP contribution in [0.5, 0.6) is 0 Å². The largest absolute Gasteiger partial charge is 0.357 e. The molecule has 0 aliphatic carbocycles. The van der Waals surface area contributed by atoms with E-state index in [-0.39, 0.29) is 18.0 Å². The maximum absolute atomic E-state index is 12.9. The molecule has 0 aliphatic rings. The number of hydrogen-bond donors (Lipinski definition) is 3. The molecule has 0 aromatic carbocycles. The number of rotatable bonds is 10. The van der Waals surface area contributed by atoms with Gasteiger partial charge in [0.1, 0.15) is 6.04 Å². The first-order valence-electron chi connectivity index (χ1n) is 8.95. The van der Waals surface area contributed by atoms with Crippen molar-refractivity contribution in [2.75, 3.05) is 13.3 Å². The Morgan fingerprint density at radius 3 is 2.04 bits per heavy atom. The van der Waals surface area contributed by atoms with Gasteiger partial charge in [-0.15, -0.1) is 0 Å². The minimum Gasteiger partial charge on any atom is -0.357 e. The molecule has 162 valence electrons. The summed E-state index contributed by atoms with van der Waals surface area (Å²) in [6, 6.07) is -1.35. The molecule has 0 rings (SSSR count). The van der Waals surface area contributed by atoms with Crippen LogP contribution in [0.25, 0.3) is 0 Å². The summed E-state index contributed by atoms with van der Waals surface area (Å²) in [5, 5.41) is 14.9. The van der Waals surface area contributed by atoms with Crippen molar-refractivity contribution in [1.29, 1.82) is 0 Å². The van der Waals surface area contributed by atoms with E-state index in [0.29, 0.717) is 11.5 Å². The number of hydroxylamine groups is 2. The summed E-state index contributed by atoms with van der Waals surface area (Å²) < 4.78 is 22.7. The number of nitrogens with zero attached hydrogens (tertiary/aromatic N) is 1. The van der Waals surface area contributed by atoms with Crippen molar-refractivity contribution < 1.29 is 28.0 Å². The summed E-state index contributed by atoms with van der Waals surface area (Å²) in [4.78, 5) is 37.3. The predicted molar refractivity (Wildman–Crippen MR) is 106 cm³/mol. The Bertz CT molecular complexity index is 715. The van der Waals surface area contributed by atoms with Crippen LogP contribution in [0.15, 0.2) is 12.3 Å². The smallest absolute Gasteiger partial charge is 0.251 e. The Balaban J connectivity index is 5.74. The zero-order valence-corrected chi connectivity index (χ0v) is 18.5. The maximum Gasteiger partial charge on any atom is 0.251 e. The molecule has 0 unspecified atom stereocenters. The summed E-state index contributed by atoms with van der Waals surface area (Å²) in [6.45, 7) is 11.3. The second-order valence-electron chi connectivity index (χ2n) is 7.90. The van der Waals surface area contributed by atoms with Gasteiger partial charge in [-0.1, -0.05) is 20.4 Å². The fourth-order valence-corrected chi connectivity index (χ4v) is 3.13. The lowest BCUT2D eigenvalue weighted by molar-refractivity contribution is -0.159. The maximum atomic E-state index is 12.9. The molecule has 0 saturated heterocycles. The fourth-order valence-electron chi connectivity index (χ4n) is 2.54. The van der Waals surface area contributed by atoms with E-state index in [9.17, 15) is 28.0 Å². The van der Waals surface area contributed by atoms with Gasteiger partial charge in [0.15, 0.2) is 9.84 Å². The molecule has 0 radical (unpaired) electrons. The van der Waals surface area contributed by atoms with Crippen molar-refractivity contribution in [3.63, 3.8) is 0 Å². The zero-order chi connectivity index (χ0) is 22.4. The number of nitrogens with one attached hydrogen (secondary N) is 2. The van der Waals surface area contributed by atoms with Crippen LogP contribution >= 0.6 is 0 Å².